The smallest absolute Gasteiger partial charge is 0.290 e. The topological polar surface area (TPSA) is 105 Å². The van der Waals surface area contributed by atoms with Gasteiger partial charge in [-0.3, -0.25) is 20.0 Å². The van der Waals surface area contributed by atoms with Crippen molar-refractivity contribution < 1.29 is 4.79 Å². The molecule has 2 aromatic heterocycles. The zero-order valence-corrected chi connectivity index (χ0v) is 20.8. The van der Waals surface area contributed by atoms with Crippen LogP contribution in [0.4, 0.5) is 0 Å². The number of amides is 1. The molecule has 0 aliphatic carbocycles. The monoisotopic (exact) mass is 491 g/mol. The van der Waals surface area contributed by atoms with Gasteiger partial charge in [-0.1, -0.05) is 30.3 Å². The van der Waals surface area contributed by atoms with E-state index < -0.39 is 0 Å². The van der Waals surface area contributed by atoms with Crippen LogP contribution in [-0.4, -0.2) is 69.1 Å². The Hall–Kier alpha value is -3.01. The van der Waals surface area contributed by atoms with Gasteiger partial charge in [0.15, 0.2) is 5.82 Å². The second-order valence-electron chi connectivity index (χ2n) is 9.94. The fourth-order valence-corrected chi connectivity index (χ4v) is 6.19. The van der Waals surface area contributed by atoms with E-state index in [4.69, 9.17) is 11.1 Å². The van der Waals surface area contributed by atoms with Crippen molar-refractivity contribution in [2.75, 3.05) is 32.7 Å². The fraction of sp³-hybridized carbons (Fsp3) is 0.423. The van der Waals surface area contributed by atoms with E-state index in [2.05, 4.69) is 61.5 Å². The lowest BCUT2D eigenvalue weighted by atomic mass is 9.86. The average molecular weight is 492 g/mol. The Labute approximate surface area is 210 Å². The maximum atomic E-state index is 12.7. The minimum atomic E-state index is -0.263. The highest BCUT2D eigenvalue weighted by Crippen LogP contribution is 2.40. The standard InChI is InChI=1S/C26H33N7OS/c27-23(28)17-33(25(34)24-29-9-10-30-24)15-21-5-3-20(4-6-21)14-31-11-7-26(18-31)8-12-32(19-26)16-22-2-1-13-35-22/h1-6,9-10,13H,7-8,11-12,14-19H2,(H3,27,28)(H,29,30). The van der Waals surface area contributed by atoms with Gasteiger partial charge in [0.05, 0.1) is 6.54 Å². The average Bonchev–Trinajstić information content (AvgIpc) is 3.64. The van der Waals surface area contributed by atoms with Gasteiger partial charge in [-0.05, 0) is 53.9 Å². The molecule has 1 atom stereocenters. The van der Waals surface area contributed by atoms with Gasteiger partial charge in [0, 0.05) is 50.0 Å². The number of hydrogen-bond donors (Lipinski definition) is 3. The number of aromatic nitrogens is 2. The van der Waals surface area contributed by atoms with Gasteiger partial charge in [0.2, 0.25) is 0 Å². The summed E-state index contributed by atoms with van der Waals surface area (Å²) in [5.74, 6) is -0.0571. The van der Waals surface area contributed by atoms with Crippen molar-refractivity contribution in [2.45, 2.75) is 32.5 Å². The predicted molar refractivity (Wildman–Crippen MR) is 138 cm³/mol. The fourth-order valence-electron chi connectivity index (χ4n) is 5.45. The van der Waals surface area contributed by atoms with E-state index in [1.165, 1.54) is 42.9 Å². The molecule has 2 aliphatic rings. The Morgan fingerprint density at radius 3 is 2.46 bits per heavy atom. The van der Waals surface area contributed by atoms with Crippen LogP contribution >= 0.6 is 11.3 Å². The van der Waals surface area contributed by atoms with Crippen LogP contribution in [0.1, 0.15) is 39.5 Å². The van der Waals surface area contributed by atoms with Gasteiger partial charge in [0.1, 0.15) is 5.84 Å². The van der Waals surface area contributed by atoms with Crippen LogP contribution in [0, 0.1) is 10.8 Å². The van der Waals surface area contributed by atoms with Crippen molar-refractivity contribution in [1.82, 2.24) is 24.7 Å². The number of aromatic amines is 1. The van der Waals surface area contributed by atoms with Crippen molar-refractivity contribution in [3.8, 4) is 0 Å². The minimum Gasteiger partial charge on any atom is -0.386 e. The number of H-pyrrole nitrogens is 1. The second kappa shape index (κ2) is 10.3. The van der Waals surface area contributed by atoms with Crippen LogP contribution in [0.25, 0.3) is 0 Å². The number of rotatable bonds is 9. The summed E-state index contributed by atoms with van der Waals surface area (Å²) in [6.07, 6.45) is 5.73. The van der Waals surface area contributed by atoms with E-state index in [-0.39, 0.29) is 24.1 Å². The van der Waals surface area contributed by atoms with Crippen LogP contribution in [0.2, 0.25) is 0 Å². The lowest BCUT2D eigenvalue weighted by Gasteiger charge is -2.25. The number of benzene rings is 1. The third-order valence-corrected chi connectivity index (χ3v) is 8.01. The lowest BCUT2D eigenvalue weighted by molar-refractivity contribution is 0.0757. The lowest BCUT2D eigenvalue weighted by Crippen LogP contribution is -2.38. The Bertz CT molecular complexity index is 1130. The molecule has 0 saturated carbocycles. The molecular weight excluding hydrogens is 458 g/mol. The molecular formula is C26H33N7OS. The van der Waals surface area contributed by atoms with Gasteiger partial charge in [0.25, 0.3) is 5.91 Å². The summed E-state index contributed by atoms with van der Waals surface area (Å²) < 4.78 is 0. The molecule has 9 heteroatoms. The molecule has 2 aliphatic heterocycles. The number of thiophene rings is 1. The highest BCUT2D eigenvalue weighted by atomic mass is 32.1. The van der Waals surface area contributed by atoms with E-state index in [1.807, 2.05) is 11.3 Å². The molecule has 0 radical (unpaired) electrons. The van der Waals surface area contributed by atoms with Crippen molar-refractivity contribution in [2.24, 2.45) is 11.1 Å². The van der Waals surface area contributed by atoms with Crippen molar-refractivity contribution in [3.63, 3.8) is 0 Å². The third kappa shape index (κ3) is 5.80. The molecule has 0 bridgehead atoms. The summed E-state index contributed by atoms with van der Waals surface area (Å²) in [4.78, 5) is 27.9. The summed E-state index contributed by atoms with van der Waals surface area (Å²) in [5.41, 5.74) is 8.33. The van der Waals surface area contributed by atoms with E-state index in [9.17, 15) is 4.79 Å². The molecule has 4 heterocycles. The summed E-state index contributed by atoms with van der Waals surface area (Å²) in [6, 6.07) is 12.8. The number of carbonyl (C=O) groups is 1. The van der Waals surface area contributed by atoms with E-state index in [1.54, 1.807) is 17.3 Å². The first-order valence-electron chi connectivity index (χ1n) is 12.1. The largest absolute Gasteiger partial charge is 0.386 e. The van der Waals surface area contributed by atoms with Gasteiger partial charge in [-0.2, -0.15) is 0 Å². The quantitative estimate of drug-likeness (QED) is 0.315. The Morgan fingerprint density at radius 2 is 1.83 bits per heavy atom. The maximum absolute atomic E-state index is 12.7. The minimum absolute atomic E-state index is 0.0506. The molecule has 2 fully saturated rings. The Balaban J connectivity index is 1.15. The molecule has 1 aromatic carbocycles. The zero-order chi connectivity index (χ0) is 24.3. The number of hydrogen-bond acceptors (Lipinski definition) is 6. The van der Waals surface area contributed by atoms with E-state index >= 15 is 0 Å². The number of imidazole rings is 1. The van der Waals surface area contributed by atoms with Gasteiger partial charge in [-0.25, -0.2) is 4.98 Å². The molecule has 4 N–H and O–H groups in total. The summed E-state index contributed by atoms with van der Waals surface area (Å²) >= 11 is 1.86. The van der Waals surface area contributed by atoms with Crippen molar-refractivity contribution in [1.29, 1.82) is 5.41 Å². The molecule has 1 amide bonds. The van der Waals surface area contributed by atoms with Crippen LogP contribution in [-0.2, 0) is 19.6 Å². The van der Waals surface area contributed by atoms with Crippen molar-refractivity contribution >= 4 is 23.1 Å². The van der Waals surface area contributed by atoms with Crippen LogP contribution in [0.15, 0.2) is 54.2 Å². The second-order valence-corrected chi connectivity index (χ2v) is 11.0. The van der Waals surface area contributed by atoms with Crippen LogP contribution in [0.5, 0.6) is 0 Å². The molecule has 2 saturated heterocycles. The maximum Gasteiger partial charge on any atom is 0.290 e. The molecule has 1 spiro atoms. The molecule has 3 aromatic rings. The van der Waals surface area contributed by atoms with E-state index in [0.29, 0.717) is 12.0 Å². The normalized spacial score (nSPS) is 20.6. The summed E-state index contributed by atoms with van der Waals surface area (Å²) in [6.45, 7) is 7.22. The molecule has 1 unspecified atom stereocenters. The zero-order valence-electron chi connectivity index (χ0n) is 19.9. The SMILES string of the molecule is N=C(N)CN(Cc1ccc(CN2CCC3(CCN(Cc4cccs4)C3)C2)cc1)C(=O)c1ncc[nH]1. The number of nitrogens with zero attached hydrogens (tertiary/aromatic N) is 4. The molecule has 5 rings (SSSR count). The van der Waals surface area contributed by atoms with Crippen LogP contribution in [0.3, 0.4) is 0 Å². The van der Waals surface area contributed by atoms with E-state index in [0.717, 1.165) is 25.2 Å². The molecule has 35 heavy (non-hydrogen) atoms. The predicted octanol–water partition coefficient (Wildman–Crippen LogP) is 3.15. The Morgan fingerprint density at radius 1 is 1.11 bits per heavy atom. The van der Waals surface area contributed by atoms with Gasteiger partial charge < -0.3 is 15.6 Å². The Kier molecular flexibility index (Phi) is 6.99. The number of nitrogens with one attached hydrogen (secondary N) is 2. The third-order valence-electron chi connectivity index (χ3n) is 7.15. The highest BCUT2D eigenvalue weighted by Gasteiger charge is 2.43. The molecule has 184 valence electrons. The highest BCUT2D eigenvalue weighted by molar-refractivity contribution is 7.09. The first-order chi connectivity index (χ1) is 17.0. The number of carbonyl (C=O) groups excluding carboxylic acids is 1. The van der Waals surface area contributed by atoms with Crippen LogP contribution < -0.4 is 5.73 Å². The number of amidine groups is 1. The van der Waals surface area contributed by atoms with Crippen molar-refractivity contribution in [3.05, 3.63) is 76.0 Å². The number of nitrogens with two attached hydrogens (primary N) is 1. The summed E-state index contributed by atoms with van der Waals surface area (Å²) in [5, 5.41) is 9.81. The van der Waals surface area contributed by atoms with Gasteiger partial charge >= 0.3 is 0 Å². The number of likely N-dealkylation sites (tertiary alicyclic amines) is 2. The first kappa shape index (κ1) is 23.7. The first-order valence-corrected chi connectivity index (χ1v) is 13.0. The molecule has 8 nitrogen and oxygen atoms in total. The van der Waals surface area contributed by atoms with Gasteiger partial charge in [-0.15, -0.1) is 11.3 Å². The summed E-state index contributed by atoms with van der Waals surface area (Å²) in [7, 11) is 0.